The Labute approximate surface area is 162 Å². The molecule has 1 aliphatic heterocycles. The van der Waals surface area contributed by atoms with E-state index in [1.807, 2.05) is 6.07 Å². The number of carbonyl (C=O) groups excluding carboxylic acids is 1. The number of aromatic nitrogens is 2. The van der Waals surface area contributed by atoms with Gasteiger partial charge < -0.3 is 24.4 Å². The van der Waals surface area contributed by atoms with Crippen LogP contribution in [0.1, 0.15) is 18.5 Å². The fourth-order valence-corrected chi connectivity index (χ4v) is 3.04. The highest BCUT2D eigenvalue weighted by atomic mass is 16.5. The second-order valence-corrected chi connectivity index (χ2v) is 6.12. The van der Waals surface area contributed by atoms with Crippen LogP contribution in [-0.2, 0) is 0 Å². The summed E-state index contributed by atoms with van der Waals surface area (Å²) in [4.78, 5) is 22.4. The van der Waals surface area contributed by atoms with Crippen molar-refractivity contribution < 1.29 is 19.0 Å². The number of methoxy groups -OCH3 is 2. The second kappa shape index (κ2) is 8.90. The van der Waals surface area contributed by atoms with Crippen LogP contribution in [0, 0.1) is 11.3 Å². The first-order valence-corrected chi connectivity index (χ1v) is 8.81. The highest BCUT2D eigenvalue weighted by molar-refractivity contribution is 5.91. The van der Waals surface area contributed by atoms with Crippen LogP contribution < -0.4 is 19.5 Å². The fourth-order valence-electron chi connectivity index (χ4n) is 3.04. The third-order valence-corrected chi connectivity index (χ3v) is 4.36. The van der Waals surface area contributed by atoms with Crippen molar-refractivity contribution in [2.75, 3.05) is 32.6 Å². The molecule has 1 fully saturated rings. The summed E-state index contributed by atoms with van der Waals surface area (Å²) in [6.07, 6.45) is 4.17. The lowest BCUT2D eigenvalue weighted by atomic mass is 10.1. The van der Waals surface area contributed by atoms with E-state index in [4.69, 9.17) is 19.5 Å². The second-order valence-electron chi connectivity index (χ2n) is 6.12. The largest absolute Gasteiger partial charge is 0.493 e. The van der Waals surface area contributed by atoms with Gasteiger partial charge in [0.25, 0.3) is 5.88 Å². The number of hydrogen-bond donors (Lipinski definition) is 1. The molecule has 0 spiro atoms. The van der Waals surface area contributed by atoms with E-state index in [0.717, 1.165) is 12.8 Å². The maximum Gasteiger partial charge on any atom is 0.322 e. The zero-order valence-electron chi connectivity index (χ0n) is 15.7. The topological polar surface area (TPSA) is 110 Å². The number of carbonyl (C=O) groups is 1. The summed E-state index contributed by atoms with van der Waals surface area (Å²) in [6.45, 7) is 0.975. The molecule has 0 saturated carbocycles. The fraction of sp³-hybridized carbons (Fsp3) is 0.368. The zero-order valence-corrected chi connectivity index (χ0v) is 15.7. The van der Waals surface area contributed by atoms with Crippen LogP contribution in [0.5, 0.6) is 17.4 Å². The molecule has 2 aromatic rings. The van der Waals surface area contributed by atoms with E-state index in [2.05, 4.69) is 15.3 Å². The van der Waals surface area contributed by atoms with Gasteiger partial charge in [-0.2, -0.15) is 5.26 Å². The number of nitrogens with zero attached hydrogens (tertiary/aromatic N) is 4. The van der Waals surface area contributed by atoms with Crippen LogP contribution >= 0.6 is 0 Å². The van der Waals surface area contributed by atoms with Crippen LogP contribution in [-0.4, -0.2) is 54.3 Å². The summed E-state index contributed by atoms with van der Waals surface area (Å²) in [5.41, 5.74) is 0.653. The van der Waals surface area contributed by atoms with E-state index in [1.54, 1.807) is 23.1 Å². The molecule has 1 saturated heterocycles. The van der Waals surface area contributed by atoms with Gasteiger partial charge in [-0.3, -0.25) is 0 Å². The lowest BCUT2D eigenvalue weighted by Crippen LogP contribution is -2.46. The standard InChI is InChI=1S/C19H21N5O4/c1-26-16-7-3-6-14(17(16)27-2)23-19(25)24-10-4-5-13(12-24)28-18-15(11-20)21-8-9-22-18/h3,6-9,13H,4-5,10,12H2,1-2H3,(H,23,25). The number of hydrogen-bond acceptors (Lipinski definition) is 7. The quantitative estimate of drug-likeness (QED) is 0.844. The first kappa shape index (κ1) is 19.2. The van der Waals surface area contributed by atoms with Gasteiger partial charge in [-0.15, -0.1) is 0 Å². The molecular weight excluding hydrogens is 362 g/mol. The van der Waals surface area contributed by atoms with E-state index >= 15 is 0 Å². The summed E-state index contributed by atoms with van der Waals surface area (Å²) in [6, 6.07) is 6.97. The summed E-state index contributed by atoms with van der Waals surface area (Å²) in [5.74, 6) is 1.18. The van der Waals surface area contributed by atoms with Crippen molar-refractivity contribution in [1.29, 1.82) is 5.26 Å². The lowest BCUT2D eigenvalue weighted by molar-refractivity contribution is 0.102. The van der Waals surface area contributed by atoms with Crippen molar-refractivity contribution in [2.45, 2.75) is 18.9 Å². The number of benzene rings is 1. The molecule has 1 unspecified atom stereocenters. The molecule has 0 bridgehead atoms. The smallest absolute Gasteiger partial charge is 0.322 e. The van der Waals surface area contributed by atoms with Crippen molar-refractivity contribution in [3.8, 4) is 23.4 Å². The molecule has 2 amide bonds. The van der Waals surface area contributed by atoms with Crippen molar-refractivity contribution in [1.82, 2.24) is 14.9 Å². The molecule has 1 N–H and O–H groups in total. The van der Waals surface area contributed by atoms with Gasteiger partial charge in [-0.1, -0.05) is 6.07 Å². The minimum atomic E-state index is -0.268. The van der Waals surface area contributed by atoms with Gasteiger partial charge in [0, 0.05) is 18.9 Å². The maximum absolute atomic E-state index is 12.7. The molecule has 146 valence electrons. The minimum Gasteiger partial charge on any atom is -0.493 e. The van der Waals surface area contributed by atoms with Crippen molar-refractivity contribution >= 4 is 11.7 Å². The van der Waals surface area contributed by atoms with Gasteiger partial charge in [0.2, 0.25) is 5.69 Å². The van der Waals surface area contributed by atoms with E-state index < -0.39 is 0 Å². The molecule has 1 aromatic heterocycles. The van der Waals surface area contributed by atoms with Gasteiger partial charge in [0.15, 0.2) is 11.5 Å². The molecule has 9 nitrogen and oxygen atoms in total. The van der Waals surface area contributed by atoms with E-state index in [1.165, 1.54) is 26.6 Å². The first-order chi connectivity index (χ1) is 13.7. The molecular formula is C19H21N5O4. The normalized spacial score (nSPS) is 16.0. The third-order valence-electron chi connectivity index (χ3n) is 4.36. The van der Waals surface area contributed by atoms with E-state index in [-0.39, 0.29) is 23.7 Å². The Balaban J connectivity index is 1.67. The monoisotopic (exact) mass is 383 g/mol. The molecule has 3 rings (SSSR count). The van der Waals surface area contributed by atoms with Crippen LogP contribution in [0.15, 0.2) is 30.6 Å². The lowest BCUT2D eigenvalue weighted by Gasteiger charge is -2.32. The summed E-state index contributed by atoms with van der Waals surface area (Å²) >= 11 is 0. The highest BCUT2D eigenvalue weighted by Crippen LogP contribution is 2.35. The molecule has 1 aromatic carbocycles. The van der Waals surface area contributed by atoms with E-state index in [0.29, 0.717) is 30.3 Å². The molecule has 1 aliphatic rings. The number of para-hydroxylation sites is 1. The number of rotatable bonds is 5. The van der Waals surface area contributed by atoms with Gasteiger partial charge in [0.05, 0.1) is 26.5 Å². The molecule has 9 heteroatoms. The number of nitrogens with one attached hydrogen (secondary N) is 1. The molecule has 28 heavy (non-hydrogen) atoms. The number of likely N-dealkylation sites (tertiary alicyclic amines) is 1. The van der Waals surface area contributed by atoms with Crippen molar-refractivity contribution in [2.24, 2.45) is 0 Å². The number of urea groups is 1. The van der Waals surface area contributed by atoms with Gasteiger partial charge >= 0.3 is 6.03 Å². The SMILES string of the molecule is COc1cccc(NC(=O)N2CCCC(Oc3nccnc3C#N)C2)c1OC. The number of nitriles is 1. The summed E-state index contributed by atoms with van der Waals surface area (Å²) in [5, 5.41) is 12.0. The van der Waals surface area contributed by atoms with Crippen LogP contribution in [0.2, 0.25) is 0 Å². The maximum atomic E-state index is 12.7. The van der Waals surface area contributed by atoms with Crippen LogP contribution in [0.3, 0.4) is 0 Å². The first-order valence-electron chi connectivity index (χ1n) is 8.81. The van der Waals surface area contributed by atoms with Gasteiger partial charge in [-0.05, 0) is 25.0 Å². The Morgan fingerprint density at radius 1 is 1.29 bits per heavy atom. The number of ether oxygens (including phenoxy) is 3. The Morgan fingerprint density at radius 3 is 2.86 bits per heavy atom. The predicted molar refractivity (Wildman–Crippen MR) is 101 cm³/mol. The van der Waals surface area contributed by atoms with Gasteiger partial charge in [-0.25, -0.2) is 14.8 Å². The molecule has 0 radical (unpaired) electrons. The average molecular weight is 383 g/mol. The minimum absolute atomic E-state index is 0.130. The summed E-state index contributed by atoms with van der Waals surface area (Å²) < 4.78 is 16.4. The van der Waals surface area contributed by atoms with Crippen LogP contribution in [0.25, 0.3) is 0 Å². The molecule has 2 heterocycles. The summed E-state index contributed by atoms with van der Waals surface area (Å²) in [7, 11) is 3.06. The zero-order chi connectivity index (χ0) is 19.9. The molecule has 1 atom stereocenters. The Kier molecular flexibility index (Phi) is 6.11. The van der Waals surface area contributed by atoms with Crippen molar-refractivity contribution in [3.05, 3.63) is 36.3 Å². The molecule has 0 aliphatic carbocycles. The van der Waals surface area contributed by atoms with Crippen LogP contribution in [0.4, 0.5) is 10.5 Å². The Morgan fingerprint density at radius 2 is 2.11 bits per heavy atom. The number of amides is 2. The number of anilines is 1. The average Bonchev–Trinajstić information content (AvgIpc) is 2.74. The third kappa shape index (κ3) is 4.23. The number of piperidine rings is 1. The predicted octanol–water partition coefficient (Wildman–Crippen LogP) is 2.44. The Hall–Kier alpha value is -3.54. The van der Waals surface area contributed by atoms with Gasteiger partial charge in [0.1, 0.15) is 12.2 Å². The Bertz CT molecular complexity index is 883. The van der Waals surface area contributed by atoms with Crippen molar-refractivity contribution in [3.63, 3.8) is 0 Å². The van der Waals surface area contributed by atoms with E-state index in [9.17, 15) is 4.79 Å². The highest BCUT2D eigenvalue weighted by Gasteiger charge is 2.27.